The Morgan fingerprint density at radius 3 is 2.89 bits per heavy atom. The van der Waals surface area contributed by atoms with E-state index in [0.717, 1.165) is 18.5 Å². The summed E-state index contributed by atoms with van der Waals surface area (Å²) in [6.45, 7) is 3.38. The Bertz CT molecular complexity index is 477. The highest BCUT2D eigenvalue weighted by molar-refractivity contribution is 5.93. The van der Waals surface area contributed by atoms with Crippen molar-refractivity contribution in [3.05, 3.63) is 33.7 Å². The van der Waals surface area contributed by atoms with Gasteiger partial charge in [0, 0.05) is 18.8 Å². The number of aromatic amines is 1. The quantitative estimate of drug-likeness (QED) is 0.740. The number of nitrogens with one attached hydrogen (secondary N) is 2. The van der Waals surface area contributed by atoms with E-state index in [1.165, 1.54) is 0 Å². The first-order chi connectivity index (χ1) is 8.72. The summed E-state index contributed by atoms with van der Waals surface area (Å²) in [4.78, 5) is 26.3. The predicted octanol–water partition coefficient (Wildman–Crippen LogP) is 1.02. The normalized spacial score (nSPS) is 14.5. The molecule has 1 saturated carbocycles. The number of aromatic nitrogens is 1. The zero-order chi connectivity index (χ0) is 13.0. The number of hydrogen-bond acceptors (Lipinski definition) is 3. The molecule has 0 unspecified atom stereocenters. The second kappa shape index (κ2) is 5.82. The molecule has 0 aromatic carbocycles. The van der Waals surface area contributed by atoms with Crippen molar-refractivity contribution in [1.82, 2.24) is 10.3 Å². The molecule has 1 aromatic rings. The average Bonchev–Trinajstić information content (AvgIpc) is 3.18. The molecular weight excluding hydrogens is 232 g/mol. The summed E-state index contributed by atoms with van der Waals surface area (Å²) < 4.78 is 5.11. The third-order valence-electron chi connectivity index (χ3n) is 2.93. The lowest BCUT2D eigenvalue weighted by atomic mass is 10.2. The second-order valence-electron chi connectivity index (χ2n) is 4.38. The van der Waals surface area contributed by atoms with Crippen LogP contribution in [0.15, 0.2) is 16.9 Å². The van der Waals surface area contributed by atoms with Gasteiger partial charge in [-0.3, -0.25) is 9.59 Å². The van der Waals surface area contributed by atoms with Crippen molar-refractivity contribution in [3.63, 3.8) is 0 Å². The van der Waals surface area contributed by atoms with Crippen molar-refractivity contribution in [3.8, 4) is 0 Å². The van der Waals surface area contributed by atoms with E-state index < -0.39 is 0 Å². The Labute approximate surface area is 106 Å². The molecule has 98 valence electrons. The maximum Gasteiger partial charge on any atom is 0.261 e. The third-order valence-corrected chi connectivity index (χ3v) is 2.93. The van der Waals surface area contributed by atoms with E-state index in [2.05, 4.69) is 10.3 Å². The zero-order valence-electron chi connectivity index (χ0n) is 10.5. The SMILES string of the molecule is CCOCCNC(=O)c1ccc(C2CC2)[nH]c1=O. The molecule has 0 bridgehead atoms. The Morgan fingerprint density at radius 1 is 1.50 bits per heavy atom. The Balaban J connectivity index is 1.95. The molecule has 1 aliphatic carbocycles. The fourth-order valence-electron chi connectivity index (χ4n) is 1.78. The van der Waals surface area contributed by atoms with Crippen molar-refractivity contribution in [2.45, 2.75) is 25.7 Å². The number of ether oxygens (including phenoxy) is 1. The summed E-state index contributed by atoms with van der Waals surface area (Å²) in [6.07, 6.45) is 2.24. The molecule has 1 aliphatic rings. The Hall–Kier alpha value is -1.62. The van der Waals surface area contributed by atoms with Crippen LogP contribution in [0.3, 0.4) is 0 Å². The van der Waals surface area contributed by atoms with Crippen LogP contribution in [0.4, 0.5) is 0 Å². The molecule has 0 spiro atoms. The van der Waals surface area contributed by atoms with Gasteiger partial charge in [-0.05, 0) is 37.8 Å². The van der Waals surface area contributed by atoms with Gasteiger partial charge in [-0.15, -0.1) is 0 Å². The first-order valence-electron chi connectivity index (χ1n) is 6.31. The molecule has 5 heteroatoms. The molecule has 0 aliphatic heterocycles. The summed E-state index contributed by atoms with van der Waals surface area (Å²) in [5.74, 6) is 0.131. The minimum absolute atomic E-state index is 0.163. The molecule has 1 aromatic heterocycles. The number of carbonyl (C=O) groups excluding carboxylic acids is 1. The molecule has 0 radical (unpaired) electrons. The van der Waals surface area contributed by atoms with Crippen molar-refractivity contribution in [1.29, 1.82) is 0 Å². The lowest BCUT2D eigenvalue weighted by Crippen LogP contribution is -2.32. The lowest BCUT2D eigenvalue weighted by molar-refractivity contribution is 0.0921. The summed E-state index contributed by atoms with van der Waals surface area (Å²) in [5.41, 5.74) is 0.787. The van der Waals surface area contributed by atoms with Crippen LogP contribution in [0.25, 0.3) is 0 Å². The maximum atomic E-state index is 11.8. The van der Waals surface area contributed by atoms with Crippen LogP contribution in [0.5, 0.6) is 0 Å². The van der Waals surface area contributed by atoms with E-state index in [9.17, 15) is 9.59 Å². The topological polar surface area (TPSA) is 71.2 Å². The summed E-state index contributed by atoms with van der Waals surface area (Å²) >= 11 is 0. The average molecular weight is 250 g/mol. The van der Waals surface area contributed by atoms with Gasteiger partial charge in [0.05, 0.1) is 6.61 Å². The number of H-pyrrole nitrogens is 1. The molecule has 0 saturated heterocycles. The Morgan fingerprint density at radius 2 is 2.28 bits per heavy atom. The van der Waals surface area contributed by atoms with Gasteiger partial charge >= 0.3 is 0 Å². The highest BCUT2D eigenvalue weighted by Crippen LogP contribution is 2.38. The monoisotopic (exact) mass is 250 g/mol. The molecule has 18 heavy (non-hydrogen) atoms. The van der Waals surface area contributed by atoms with E-state index in [1.807, 2.05) is 13.0 Å². The van der Waals surface area contributed by atoms with Gasteiger partial charge in [-0.25, -0.2) is 0 Å². The molecule has 5 nitrogen and oxygen atoms in total. The molecule has 0 atom stereocenters. The maximum absolute atomic E-state index is 11.8. The number of carbonyl (C=O) groups is 1. The highest BCUT2D eigenvalue weighted by Gasteiger charge is 2.25. The first kappa shape index (κ1) is 12.8. The van der Waals surface area contributed by atoms with Gasteiger partial charge in [-0.2, -0.15) is 0 Å². The zero-order valence-corrected chi connectivity index (χ0v) is 10.5. The fraction of sp³-hybridized carbons (Fsp3) is 0.538. The van der Waals surface area contributed by atoms with E-state index in [0.29, 0.717) is 25.7 Å². The molecule has 1 fully saturated rings. The number of hydrogen-bond donors (Lipinski definition) is 2. The highest BCUT2D eigenvalue weighted by atomic mass is 16.5. The van der Waals surface area contributed by atoms with Crippen molar-refractivity contribution < 1.29 is 9.53 Å². The van der Waals surface area contributed by atoms with Gasteiger partial charge in [0.25, 0.3) is 11.5 Å². The minimum Gasteiger partial charge on any atom is -0.380 e. The van der Waals surface area contributed by atoms with Crippen molar-refractivity contribution in [2.24, 2.45) is 0 Å². The van der Waals surface area contributed by atoms with Gasteiger partial charge in [0.1, 0.15) is 5.56 Å². The summed E-state index contributed by atoms with van der Waals surface area (Å²) in [6, 6.07) is 3.43. The van der Waals surface area contributed by atoms with Gasteiger partial charge in [0.2, 0.25) is 0 Å². The van der Waals surface area contributed by atoms with Crippen LogP contribution >= 0.6 is 0 Å². The minimum atomic E-state index is -0.349. The van der Waals surface area contributed by atoms with Crippen LogP contribution in [0.2, 0.25) is 0 Å². The van der Waals surface area contributed by atoms with Crippen LogP contribution in [0, 0.1) is 0 Å². The summed E-state index contributed by atoms with van der Waals surface area (Å²) in [5, 5.41) is 2.65. The lowest BCUT2D eigenvalue weighted by Gasteiger charge is -2.05. The largest absolute Gasteiger partial charge is 0.380 e. The van der Waals surface area contributed by atoms with Crippen LogP contribution in [-0.2, 0) is 4.74 Å². The smallest absolute Gasteiger partial charge is 0.261 e. The second-order valence-corrected chi connectivity index (χ2v) is 4.38. The van der Waals surface area contributed by atoms with Crippen LogP contribution in [0.1, 0.15) is 41.7 Å². The Kier molecular flexibility index (Phi) is 4.15. The van der Waals surface area contributed by atoms with E-state index >= 15 is 0 Å². The molecular formula is C13H18N2O3. The predicted molar refractivity (Wildman–Crippen MR) is 67.9 cm³/mol. The van der Waals surface area contributed by atoms with Gasteiger partial charge in [-0.1, -0.05) is 0 Å². The van der Waals surface area contributed by atoms with Crippen LogP contribution in [-0.4, -0.2) is 30.6 Å². The number of rotatable bonds is 6. The fourth-order valence-corrected chi connectivity index (χ4v) is 1.78. The summed E-state index contributed by atoms with van der Waals surface area (Å²) in [7, 11) is 0. The third kappa shape index (κ3) is 3.20. The van der Waals surface area contributed by atoms with Crippen molar-refractivity contribution in [2.75, 3.05) is 19.8 Å². The van der Waals surface area contributed by atoms with Crippen molar-refractivity contribution >= 4 is 5.91 Å². The van der Waals surface area contributed by atoms with Gasteiger partial charge < -0.3 is 15.0 Å². The van der Waals surface area contributed by atoms with Crippen LogP contribution < -0.4 is 10.9 Å². The van der Waals surface area contributed by atoms with E-state index in [-0.39, 0.29) is 17.0 Å². The number of pyridine rings is 1. The standard InChI is InChI=1S/C13H18N2O3/c1-2-18-8-7-14-12(16)10-5-6-11(9-3-4-9)15-13(10)17/h5-6,9H,2-4,7-8H2,1H3,(H,14,16)(H,15,17). The number of amides is 1. The molecule has 2 N–H and O–H groups in total. The first-order valence-corrected chi connectivity index (χ1v) is 6.31. The van der Waals surface area contributed by atoms with E-state index in [4.69, 9.17) is 4.74 Å². The van der Waals surface area contributed by atoms with E-state index in [1.54, 1.807) is 6.07 Å². The molecule has 2 rings (SSSR count). The molecule has 1 heterocycles. The molecule has 1 amide bonds. The van der Waals surface area contributed by atoms with Gasteiger partial charge in [0.15, 0.2) is 0 Å².